The highest BCUT2D eigenvalue weighted by Gasteiger charge is 2.39. The van der Waals surface area contributed by atoms with Crippen molar-refractivity contribution in [1.82, 2.24) is 0 Å². The second-order valence-electron chi connectivity index (χ2n) is 9.07. The second-order valence-corrected chi connectivity index (χ2v) is 9.94. The molecule has 0 aliphatic carbocycles. The molecule has 4 aromatic carbocycles. The van der Waals surface area contributed by atoms with Crippen LogP contribution in [-0.2, 0) is 11.4 Å². The number of Topliss-reactive ketones (excluding diaryl/α,β-unsaturated/α-hetero) is 1. The number of ketones is 1. The van der Waals surface area contributed by atoms with Crippen molar-refractivity contribution in [3.05, 3.63) is 112 Å². The third kappa shape index (κ3) is 5.71. The Morgan fingerprint density at radius 2 is 1.43 bits per heavy atom. The van der Waals surface area contributed by atoms with Gasteiger partial charge in [0.15, 0.2) is 29.3 Å². The van der Waals surface area contributed by atoms with Crippen molar-refractivity contribution in [3.63, 3.8) is 0 Å². The standard InChI is InChI=1S/C31H27Cl2N3O4/c1-20(37)30-34-36(26-11-9-24(33)10-12-26)31(35(30)25-13-15-27(38-2)16-14-25)22-6-17-28(29(18-22)39-3)40-19-21-4-7-23(32)8-5-21/h4-18,31H,19H2,1-3H3. The van der Waals surface area contributed by atoms with E-state index in [0.29, 0.717) is 39.7 Å². The number of ether oxygens (including phenoxy) is 3. The number of benzene rings is 4. The van der Waals surface area contributed by atoms with Crippen LogP contribution in [0.5, 0.6) is 17.2 Å². The molecular weight excluding hydrogens is 549 g/mol. The van der Waals surface area contributed by atoms with E-state index in [2.05, 4.69) is 0 Å². The number of rotatable bonds is 9. The Kier molecular flexibility index (Phi) is 8.14. The maximum atomic E-state index is 12.9. The molecule has 0 saturated carbocycles. The molecule has 1 aliphatic rings. The van der Waals surface area contributed by atoms with Crippen LogP contribution in [0, 0.1) is 0 Å². The average molecular weight is 576 g/mol. The summed E-state index contributed by atoms with van der Waals surface area (Å²) in [4.78, 5) is 14.8. The van der Waals surface area contributed by atoms with Gasteiger partial charge in [-0.15, -0.1) is 5.10 Å². The molecule has 0 fully saturated rings. The van der Waals surface area contributed by atoms with Crippen LogP contribution in [0.25, 0.3) is 0 Å². The first-order valence-corrected chi connectivity index (χ1v) is 13.3. The van der Waals surface area contributed by atoms with Crippen LogP contribution in [-0.4, -0.2) is 25.8 Å². The minimum Gasteiger partial charge on any atom is -0.497 e. The quantitative estimate of drug-likeness (QED) is 0.205. The molecule has 0 radical (unpaired) electrons. The van der Waals surface area contributed by atoms with Crippen molar-refractivity contribution in [2.75, 3.05) is 24.1 Å². The molecule has 0 spiro atoms. The normalized spacial score (nSPS) is 14.6. The number of amidine groups is 1. The molecule has 40 heavy (non-hydrogen) atoms. The maximum Gasteiger partial charge on any atom is 0.198 e. The molecule has 0 saturated heterocycles. The van der Waals surface area contributed by atoms with Gasteiger partial charge in [0.05, 0.1) is 19.9 Å². The largest absolute Gasteiger partial charge is 0.497 e. The van der Waals surface area contributed by atoms with Gasteiger partial charge in [0, 0.05) is 28.2 Å². The Morgan fingerprint density at radius 3 is 2.02 bits per heavy atom. The van der Waals surface area contributed by atoms with Crippen molar-refractivity contribution < 1.29 is 19.0 Å². The fraction of sp³-hybridized carbons (Fsp3) is 0.161. The molecule has 0 bridgehead atoms. The Balaban J connectivity index is 1.56. The van der Waals surface area contributed by atoms with Crippen LogP contribution >= 0.6 is 23.2 Å². The van der Waals surface area contributed by atoms with Gasteiger partial charge >= 0.3 is 0 Å². The molecule has 0 amide bonds. The van der Waals surface area contributed by atoms with E-state index in [1.54, 1.807) is 31.4 Å². The lowest BCUT2D eigenvalue weighted by Gasteiger charge is -2.32. The zero-order chi connectivity index (χ0) is 28.2. The Morgan fingerprint density at radius 1 is 0.800 bits per heavy atom. The Bertz CT molecular complexity index is 1520. The number of anilines is 2. The van der Waals surface area contributed by atoms with E-state index >= 15 is 0 Å². The summed E-state index contributed by atoms with van der Waals surface area (Å²) in [6.07, 6.45) is -0.507. The van der Waals surface area contributed by atoms with Crippen LogP contribution < -0.4 is 24.1 Å². The highest BCUT2D eigenvalue weighted by Crippen LogP contribution is 2.42. The first-order valence-electron chi connectivity index (χ1n) is 12.5. The lowest BCUT2D eigenvalue weighted by atomic mass is 10.1. The first kappa shape index (κ1) is 27.4. The zero-order valence-electron chi connectivity index (χ0n) is 22.2. The molecule has 1 heterocycles. The topological polar surface area (TPSA) is 63.6 Å². The van der Waals surface area contributed by atoms with Crippen molar-refractivity contribution in [2.45, 2.75) is 19.7 Å². The van der Waals surface area contributed by atoms with Gasteiger partial charge in [0.25, 0.3) is 0 Å². The summed E-state index contributed by atoms with van der Waals surface area (Å²) in [6.45, 7) is 1.86. The monoisotopic (exact) mass is 575 g/mol. The van der Waals surface area contributed by atoms with Crippen molar-refractivity contribution in [1.29, 1.82) is 0 Å². The first-order chi connectivity index (χ1) is 19.4. The molecule has 7 nitrogen and oxygen atoms in total. The van der Waals surface area contributed by atoms with Crippen molar-refractivity contribution in [2.24, 2.45) is 5.10 Å². The number of carbonyl (C=O) groups is 1. The number of hydrogen-bond acceptors (Lipinski definition) is 7. The molecule has 1 unspecified atom stereocenters. The summed E-state index contributed by atoms with van der Waals surface area (Å²) in [5.41, 5.74) is 3.36. The van der Waals surface area contributed by atoms with E-state index in [-0.39, 0.29) is 5.78 Å². The Labute approximate surface area is 243 Å². The summed E-state index contributed by atoms with van der Waals surface area (Å²) < 4.78 is 17.2. The van der Waals surface area contributed by atoms with E-state index in [1.165, 1.54) is 6.92 Å². The number of nitrogens with zero attached hydrogens (tertiary/aromatic N) is 3. The molecule has 5 rings (SSSR count). The van der Waals surface area contributed by atoms with Crippen LogP contribution in [0.3, 0.4) is 0 Å². The summed E-state index contributed by atoms with van der Waals surface area (Å²) >= 11 is 12.2. The number of hydrogen-bond donors (Lipinski definition) is 0. The lowest BCUT2D eigenvalue weighted by molar-refractivity contribution is -0.111. The molecule has 4 aromatic rings. The minimum atomic E-state index is -0.507. The van der Waals surface area contributed by atoms with Crippen LogP contribution in [0.1, 0.15) is 24.2 Å². The summed E-state index contributed by atoms with van der Waals surface area (Å²) in [6, 6.07) is 28.0. The molecule has 0 aromatic heterocycles. The number of halogens is 2. The number of carbonyl (C=O) groups excluding carboxylic acids is 1. The molecule has 1 atom stereocenters. The maximum absolute atomic E-state index is 12.9. The molecule has 9 heteroatoms. The fourth-order valence-corrected chi connectivity index (χ4v) is 4.72. The molecule has 0 N–H and O–H groups in total. The van der Waals surface area contributed by atoms with E-state index in [1.807, 2.05) is 83.8 Å². The van der Waals surface area contributed by atoms with Gasteiger partial charge in [-0.05, 0) is 78.4 Å². The second kappa shape index (κ2) is 11.9. The van der Waals surface area contributed by atoms with Crippen molar-refractivity contribution >= 4 is 46.2 Å². The van der Waals surface area contributed by atoms with Gasteiger partial charge in [-0.3, -0.25) is 9.69 Å². The smallest absolute Gasteiger partial charge is 0.198 e. The average Bonchev–Trinajstić information content (AvgIpc) is 3.38. The van der Waals surface area contributed by atoms with E-state index in [0.717, 1.165) is 22.5 Å². The van der Waals surface area contributed by atoms with Gasteiger partial charge in [-0.25, -0.2) is 5.01 Å². The summed E-state index contributed by atoms with van der Waals surface area (Å²) in [7, 11) is 3.21. The predicted molar refractivity (Wildman–Crippen MR) is 159 cm³/mol. The van der Waals surface area contributed by atoms with Crippen LogP contribution in [0.4, 0.5) is 11.4 Å². The summed E-state index contributed by atoms with van der Waals surface area (Å²) in [5, 5.41) is 7.85. The van der Waals surface area contributed by atoms with E-state index < -0.39 is 6.17 Å². The summed E-state index contributed by atoms with van der Waals surface area (Å²) in [5.74, 6) is 1.97. The molecule has 1 aliphatic heterocycles. The highest BCUT2D eigenvalue weighted by molar-refractivity contribution is 6.44. The third-order valence-electron chi connectivity index (χ3n) is 6.46. The highest BCUT2D eigenvalue weighted by atomic mass is 35.5. The van der Waals surface area contributed by atoms with Gasteiger partial charge in [-0.1, -0.05) is 41.4 Å². The fourth-order valence-electron chi connectivity index (χ4n) is 4.47. The van der Waals surface area contributed by atoms with E-state index in [4.69, 9.17) is 42.5 Å². The molecule has 204 valence electrons. The predicted octanol–water partition coefficient (Wildman–Crippen LogP) is 7.52. The van der Waals surface area contributed by atoms with Gasteiger partial charge in [-0.2, -0.15) is 0 Å². The lowest BCUT2D eigenvalue weighted by Crippen LogP contribution is -2.37. The van der Waals surface area contributed by atoms with Crippen LogP contribution in [0.2, 0.25) is 10.0 Å². The van der Waals surface area contributed by atoms with Gasteiger partial charge in [0.1, 0.15) is 12.4 Å². The zero-order valence-corrected chi connectivity index (χ0v) is 23.7. The SMILES string of the molecule is COc1ccc(N2C(C(C)=O)=NN(c3ccc(Cl)cc3)C2c2ccc(OCc3ccc(Cl)cc3)c(OC)c2)cc1. The number of hydrazone groups is 1. The third-order valence-corrected chi connectivity index (χ3v) is 6.96. The Hall–Kier alpha value is -4.20. The van der Waals surface area contributed by atoms with Crippen molar-refractivity contribution in [3.8, 4) is 17.2 Å². The van der Waals surface area contributed by atoms with E-state index in [9.17, 15) is 4.79 Å². The number of methoxy groups -OCH3 is 2. The minimum absolute atomic E-state index is 0.174. The van der Waals surface area contributed by atoms with Crippen LogP contribution in [0.15, 0.2) is 96.1 Å². The van der Waals surface area contributed by atoms with Gasteiger partial charge < -0.3 is 14.2 Å². The van der Waals surface area contributed by atoms with Gasteiger partial charge in [0.2, 0.25) is 0 Å². The molecular formula is C31H27Cl2N3O4.